The van der Waals surface area contributed by atoms with E-state index in [9.17, 15) is 14.4 Å². The van der Waals surface area contributed by atoms with Gasteiger partial charge in [-0.3, -0.25) is 14.4 Å². The Hall–Kier alpha value is -5.15. The second-order valence-corrected chi connectivity index (χ2v) is 11.6. The van der Waals surface area contributed by atoms with Gasteiger partial charge < -0.3 is 31.2 Å². The minimum Gasteiger partial charge on any atom is -0.358 e. The third kappa shape index (κ3) is 6.84. The van der Waals surface area contributed by atoms with E-state index in [0.717, 1.165) is 53.5 Å². The smallest absolute Gasteiger partial charge is 0.256 e. The van der Waals surface area contributed by atoms with E-state index in [2.05, 4.69) is 31.2 Å². The third-order valence-corrected chi connectivity index (χ3v) is 8.40. The maximum Gasteiger partial charge on any atom is 0.256 e. The molecule has 4 aromatic rings. The van der Waals surface area contributed by atoms with Crippen LogP contribution in [-0.4, -0.2) is 53.8 Å². The average Bonchev–Trinajstić information content (AvgIpc) is 3.51. The monoisotopic (exact) mass is 602 g/mol. The Morgan fingerprint density at radius 2 is 1.62 bits per heavy atom. The Kier molecular flexibility index (Phi) is 8.79. The van der Waals surface area contributed by atoms with E-state index >= 15 is 0 Å². The van der Waals surface area contributed by atoms with Crippen LogP contribution in [-0.2, 0) is 4.79 Å². The summed E-state index contributed by atoms with van der Waals surface area (Å²) in [5, 5.41) is 12.3. The highest BCUT2D eigenvalue weighted by Gasteiger charge is 2.26. The van der Waals surface area contributed by atoms with Gasteiger partial charge in [-0.1, -0.05) is 36.8 Å². The van der Waals surface area contributed by atoms with Crippen LogP contribution in [0.3, 0.4) is 0 Å². The highest BCUT2D eigenvalue weighted by Crippen LogP contribution is 2.36. The second-order valence-electron chi connectivity index (χ2n) is 11.6. The van der Waals surface area contributed by atoms with Crippen molar-refractivity contribution in [3.63, 3.8) is 0 Å². The molecule has 2 aliphatic rings. The van der Waals surface area contributed by atoms with Gasteiger partial charge in [0.2, 0.25) is 0 Å². The van der Waals surface area contributed by atoms with Crippen molar-refractivity contribution < 1.29 is 14.4 Å². The van der Waals surface area contributed by atoms with Gasteiger partial charge in [0, 0.05) is 52.7 Å². The van der Waals surface area contributed by atoms with Gasteiger partial charge in [-0.2, -0.15) is 0 Å². The number of likely N-dealkylation sites (tertiary alicyclic amines) is 1. The number of fused-ring (bicyclic) bond motifs is 1. The van der Waals surface area contributed by atoms with E-state index in [0.29, 0.717) is 34.6 Å². The summed E-state index contributed by atoms with van der Waals surface area (Å²) in [5.74, 6) is -0.481. The number of H-pyrrole nitrogens is 1. The first-order valence-electron chi connectivity index (χ1n) is 15.5. The molecule has 0 atom stereocenters. The number of anilines is 4. The molecule has 0 spiro atoms. The number of rotatable bonds is 9. The molecule has 1 fully saturated rings. The minimum atomic E-state index is -0.202. The first-order chi connectivity index (χ1) is 21.9. The predicted molar refractivity (Wildman–Crippen MR) is 180 cm³/mol. The number of nitrogens with one attached hydrogen (secondary N) is 5. The standard InChI is InChI=1S/C36H38N6O3/c1-23-31(38-24(2)33(23)36(45)37-16-19-42-17-7-4-8-18-42)22-30-29-15-14-28(21-32(29)41-35(30)44)39-26-12-9-13-27(20-26)40-34(43)25-10-5-3-6-11-25/h3,5-6,9-15,20-22,38-39H,4,7-8,16-19H2,1-2H3,(H,37,45)(H,40,43)(H,41,44)/b30-22-. The summed E-state index contributed by atoms with van der Waals surface area (Å²) in [6.07, 6.45) is 5.55. The molecule has 0 radical (unpaired) electrons. The lowest BCUT2D eigenvalue weighted by molar-refractivity contribution is -0.110. The summed E-state index contributed by atoms with van der Waals surface area (Å²) in [4.78, 5) is 44.4. The van der Waals surface area contributed by atoms with Crippen LogP contribution in [0, 0.1) is 13.8 Å². The molecule has 9 heteroatoms. The van der Waals surface area contributed by atoms with Crippen molar-refractivity contribution in [2.45, 2.75) is 33.1 Å². The van der Waals surface area contributed by atoms with Crippen LogP contribution in [0.25, 0.3) is 11.6 Å². The lowest BCUT2D eigenvalue weighted by atomic mass is 10.0. The number of carbonyl (C=O) groups is 3. The van der Waals surface area contributed by atoms with Crippen LogP contribution >= 0.6 is 0 Å². The Bertz CT molecular complexity index is 1770. The van der Waals surface area contributed by atoms with Crippen molar-refractivity contribution in [2.24, 2.45) is 0 Å². The summed E-state index contributed by atoms with van der Waals surface area (Å²) in [6, 6.07) is 22.2. The van der Waals surface area contributed by atoms with Crippen molar-refractivity contribution in [3.05, 3.63) is 106 Å². The summed E-state index contributed by atoms with van der Waals surface area (Å²) in [6.45, 7) is 7.45. The van der Waals surface area contributed by atoms with Gasteiger partial charge in [-0.05, 0) is 93.9 Å². The lowest BCUT2D eigenvalue weighted by Crippen LogP contribution is -2.37. The van der Waals surface area contributed by atoms with Crippen LogP contribution in [0.5, 0.6) is 0 Å². The van der Waals surface area contributed by atoms with Crippen LogP contribution in [0.2, 0.25) is 0 Å². The van der Waals surface area contributed by atoms with E-state index < -0.39 is 0 Å². The number of amides is 3. The van der Waals surface area contributed by atoms with Gasteiger partial charge in [0.05, 0.1) is 16.8 Å². The average molecular weight is 603 g/mol. The fourth-order valence-electron chi connectivity index (χ4n) is 6.05. The van der Waals surface area contributed by atoms with Crippen molar-refractivity contribution in [1.29, 1.82) is 0 Å². The molecule has 0 unspecified atom stereocenters. The molecule has 1 saturated heterocycles. The molecule has 230 valence electrons. The SMILES string of the molecule is Cc1[nH]c(/C=C2\C(=O)Nc3cc(Nc4cccc(NC(=O)c5ccccc5)c4)ccc32)c(C)c1C(=O)NCCN1CCCCC1. The quantitative estimate of drug-likeness (QED) is 0.143. The molecule has 0 saturated carbocycles. The van der Waals surface area contributed by atoms with Gasteiger partial charge in [-0.15, -0.1) is 0 Å². The van der Waals surface area contributed by atoms with Crippen molar-refractivity contribution in [2.75, 3.05) is 42.1 Å². The van der Waals surface area contributed by atoms with Crippen molar-refractivity contribution in [3.8, 4) is 0 Å². The summed E-state index contributed by atoms with van der Waals surface area (Å²) >= 11 is 0. The predicted octanol–water partition coefficient (Wildman–Crippen LogP) is 6.34. The first-order valence-corrected chi connectivity index (χ1v) is 15.5. The van der Waals surface area contributed by atoms with Crippen molar-refractivity contribution in [1.82, 2.24) is 15.2 Å². The van der Waals surface area contributed by atoms with Gasteiger partial charge in [-0.25, -0.2) is 0 Å². The number of hydrogen-bond donors (Lipinski definition) is 5. The topological polar surface area (TPSA) is 118 Å². The zero-order chi connectivity index (χ0) is 31.3. The Balaban J connectivity index is 1.14. The Labute approximate surface area is 263 Å². The number of aromatic amines is 1. The maximum atomic E-state index is 13.1. The van der Waals surface area contributed by atoms with Gasteiger partial charge in [0.15, 0.2) is 0 Å². The van der Waals surface area contributed by atoms with E-state index in [1.54, 1.807) is 12.1 Å². The van der Waals surface area contributed by atoms with Gasteiger partial charge in [0.1, 0.15) is 0 Å². The molecule has 6 rings (SSSR count). The molecule has 3 amide bonds. The molecule has 0 aliphatic carbocycles. The second kappa shape index (κ2) is 13.2. The fourth-order valence-corrected chi connectivity index (χ4v) is 6.05. The largest absolute Gasteiger partial charge is 0.358 e. The van der Waals surface area contributed by atoms with E-state index in [4.69, 9.17) is 0 Å². The number of piperidine rings is 1. The number of aromatic nitrogens is 1. The number of carbonyl (C=O) groups excluding carboxylic acids is 3. The summed E-state index contributed by atoms with van der Waals surface area (Å²) in [5.41, 5.74) is 7.80. The molecule has 5 N–H and O–H groups in total. The van der Waals surface area contributed by atoms with E-state index in [1.165, 1.54) is 19.3 Å². The van der Waals surface area contributed by atoms with Crippen molar-refractivity contribution >= 4 is 52.1 Å². The Morgan fingerprint density at radius 3 is 2.42 bits per heavy atom. The third-order valence-electron chi connectivity index (χ3n) is 8.40. The van der Waals surface area contributed by atoms with Crippen LogP contribution < -0.4 is 21.3 Å². The first kappa shape index (κ1) is 29.9. The Morgan fingerprint density at radius 1 is 0.867 bits per heavy atom. The summed E-state index contributed by atoms with van der Waals surface area (Å²) in [7, 11) is 0. The normalized spacial score (nSPS) is 15.4. The van der Waals surface area contributed by atoms with Crippen LogP contribution in [0.1, 0.15) is 62.5 Å². The number of aryl methyl sites for hydroxylation is 1. The van der Waals surface area contributed by atoms with E-state index in [1.807, 2.05) is 80.6 Å². The fraction of sp³-hybridized carbons (Fsp3) is 0.250. The number of nitrogens with zero attached hydrogens (tertiary/aromatic N) is 1. The van der Waals surface area contributed by atoms with Gasteiger partial charge in [0.25, 0.3) is 17.7 Å². The number of hydrogen-bond acceptors (Lipinski definition) is 5. The number of benzene rings is 3. The van der Waals surface area contributed by atoms with Crippen LogP contribution in [0.4, 0.5) is 22.7 Å². The molecular formula is C36H38N6O3. The highest BCUT2D eigenvalue weighted by molar-refractivity contribution is 6.35. The van der Waals surface area contributed by atoms with Crippen LogP contribution in [0.15, 0.2) is 72.8 Å². The highest BCUT2D eigenvalue weighted by atomic mass is 16.2. The molecular weight excluding hydrogens is 564 g/mol. The molecule has 3 heterocycles. The molecule has 9 nitrogen and oxygen atoms in total. The minimum absolute atomic E-state index is 0.0985. The van der Waals surface area contributed by atoms with E-state index in [-0.39, 0.29) is 17.7 Å². The zero-order valence-corrected chi connectivity index (χ0v) is 25.6. The van der Waals surface area contributed by atoms with Gasteiger partial charge >= 0.3 is 0 Å². The molecule has 2 aliphatic heterocycles. The zero-order valence-electron chi connectivity index (χ0n) is 25.6. The maximum absolute atomic E-state index is 13.1. The molecule has 45 heavy (non-hydrogen) atoms. The molecule has 0 bridgehead atoms. The molecule has 1 aromatic heterocycles. The lowest BCUT2D eigenvalue weighted by Gasteiger charge is -2.26. The molecule has 3 aromatic carbocycles. The summed E-state index contributed by atoms with van der Waals surface area (Å²) < 4.78 is 0.